The van der Waals surface area contributed by atoms with E-state index in [1.807, 2.05) is 0 Å². The number of hydrogen-bond donors (Lipinski definition) is 1. The molecule has 1 saturated heterocycles. The fourth-order valence-corrected chi connectivity index (χ4v) is 2.84. The SMILES string of the molecule is CCCCCC(CC)N1CC(C#N)C[C@@H](N)C1. The van der Waals surface area contributed by atoms with Gasteiger partial charge in [-0.2, -0.15) is 5.26 Å². The van der Waals surface area contributed by atoms with Gasteiger partial charge in [0.25, 0.3) is 0 Å². The molecule has 1 rings (SSSR count). The van der Waals surface area contributed by atoms with Crippen LogP contribution in [0.2, 0.25) is 0 Å². The molecule has 98 valence electrons. The van der Waals surface area contributed by atoms with Crippen molar-refractivity contribution in [3.63, 3.8) is 0 Å². The quantitative estimate of drug-likeness (QED) is 0.722. The lowest BCUT2D eigenvalue weighted by molar-refractivity contribution is 0.116. The minimum absolute atomic E-state index is 0.138. The lowest BCUT2D eigenvalue weighted by atomic mass is 9.93. The Labute approximate surface area is 106 Å². The van der Waals surface area contributed by atoms with Crippen molar-refractivity contribution >= 4 is 0 Å². The smallest absolute Gasteiger partial charge is 0.0669 e. The number of nitrogens with two attached hydrogens (primary N) is 1. The van der Waals surface area contributed by atoms with Gasteiger partial charge in [0.1, 0.15) is 0 Å². The second-order valence-electron chi connectivity index (χ2n) is 5.33. The van der Waals surface area contributed by atoms with E-state index in [1.54, 1.807) is 0 Å². The van der Waals surface area contributed by atoms with E-state index in [0.717, 1.165) is 19.5 Å². The average molecular weight is 237 g/mol. The second-order valence-corrected chi connectivity index (χ2v) is 5.33. The minimum atomic E-state index is 0.138. The predicted molar refractivity (Wildman–Crippen MR) is 71.5 cm³/mol. The van der Waals surface area contributed by atoms with E-state index in [0.29, 0.717) is 6.04 Å². The van der Waals surface area contributed by atoms with Gasteiger partial charge < -0.3 is 5.73 Å². The molecule has 0 aromatic rings. The van der Waals surface area contributed by atoms with Crippen molar-refractivity contribution in [2.75, 3.05) is 13.1 Å². The zero-order chi connectivity index (χ0) is 12.7. The number of likely N-dealkylation sites (tertiary alicyclic amines) is 1. The van der Waals surface area contributed by atoms with Crippen molar-refractivity contribution in [1.82, 2.24) is 4.90 Å². The van der Waals surface area contributed by atoms with Crippen molar-refractivity contribution in [2.24, 2.45) is 11.7 Å². The summed E-state index contributed by atoms with van der Waals surface area (Å²) in [7, 11) is 0. The number of nitrogens with zero attached hydrogens (tertiary/aromatic N) is 2. The molecular formula is C14H27N3. The first-order valence-corrected chi connectivity index (χ1v) is 7.10. The summed E-state index contributed by atoms with van der Waals surface area (Å²) in [6.07, 6.45) is 7.20. The Bertz CT molecular complexity index is 246. The molecule has 1 aliphatic heterocycles. The van der Waals surface area contributed by atoms with E-state index in [9.17, 15) is 0 Å². The van der Waals surface area contributed by atoms with Crippen LogP contribution in [0, 0.1) is 17.2 Å². The molecule has 0 aliphatic carbocycles. The van der Waals surface area contributed by atoms with Crippen molar-refractivity contribution in [1.29, 1.82) is 5.26 Å². The average Bonchev–Trinajstić information content (AvgIpc) is 2.34. The van der Waals surface area contributed by atoms with E-state index in [-0.39, 0.29) is 12.0 Å². The van der Waals surface area contributed by atoms with Crippen molar-refractivity contribution < 1.29 is 0 Å². The molecule has 2 N–H and O–H groups in total. The molecule has 0 bridgehead atoms. The van der Waals surface area contributed by atoms with Crippen molar-refractivity contribution in [2.45, 2.75) is 64.5 Å². The third-order valence-electron chi connectivity index (χ3n) is 3.82. The molecule has 0 aromatic carbocycles. The van der Waals surface area contributed by atoms with Crippen LogP contribution in [0.25, 0.3) is 0 Å². The van der Waals surface area contributed by atoms with Gasteiger partial charge in [0.15, 0.2) is 0 Å². The molecule has 1 heterocycles. The van der Waals surface area contributed by atoms with Gasteiger partial charge in [-0.15, -0.1) is 0 Å². The van der Waals surface area contributed by atoms with E-state index in [1.165, 1.54) is 32.1 Å². The van der Waals surface area contributed by atoms with Gasteiger partial charge in [0, 0.05) is 25.2 Å². The van der Waals surface area contributed by atoms with Crippen LogP contribution in [0.15, 0.2) is 0 Å². The fourth-order valence-electron chi connectivity index (χ4n) is 2.84. The monoisotopic (exact) mass is 237 g/mol. The Morgan fingerprint density at radius 2 is 2.12 bits per heavy atom. The highest BCUT2D eigenvalue weighted by Crippen LogP contribution is 2.21. The van der Waals surface area contributed by atoms with Crippen molar-refractivity contribution in [3.05, 3.63) is 0 Å². The normalized spacial score (nSPS) is 27.6. The Morgan fingerprint density at radius 3 is 2.71 bits per heavy atom. The molecular weight excluding hydrogens is 210 g/mol. The van der Waals surface area contributed by atoms with Gasteiger partial charge in [0.05, 0.1) is 12.0 Å². The third-order valence-corrected chi connectivity index (χ3v) is 3.82. The fraction of sp³-hybridized carbons (Fsp3) is 0.929. The molecule has 3 atom stereocenters. The summed E-state index contributed by atoms with van der Waals surface area (Å²) in [5.41, 5.74) is 6.05. The first kappa shape index (κ1) is 14.5. The lowest BCUT2D eigenvalue weighted by Gasteiger charge is -2.38. The lowest BCUT2D eigenvalue weighted by Crippen LogP contribution is -2.50. The van der Waals surface area contributed by atoms with Gasteiger partial charge in [-0.1, -0.05) is 33.1 Å². The third kappa shape index (κ3) is 4.65. The highest BCUT2D eigenvalue weighted by atomic mass is 15.2. The van der Waals surface area contributed by atoms with Crippen LogP contribution in [-0.4, -0.2) is 30.1 Å². The summed E-state index contributed by atoms with van der Waals surface area (Å²) in [5, 5.41) is 9.06. The van der Waals surface area contributed by atoms with Gasteiger partial charge >= 0.3 is 0 Å². The molecule has 0 amide bonds. The standard InChI is InChI=1S/C14H27N3/c1-3-5-6-7-14(4-2)17-10-12(9-15)8-13(16)11-17/h12-14H,3-8,10-11,16H2,1-2H3/t12?,13-,14?/m1/s1. The van der Waals surface area contributed by atoms with Crippen LogP contribution in [-0.2, 0) is 0 Å². The number of hydrogen-bond acceptors (Lipinski definition) is 3. The molecule has 3 heteroatoms. The highest BCUT2D eigenvalue weighted by Gasteiger charge is 2.28. The Hall–Kier alpha value is -0.590. The van der Waals surface area contributed by atoms with Crippen LogP contribution in [0.5, 0.6) is 0 Å². The first-order chi connectivity index (χ1) is 8.21. The van der Waals surface area contributed by atoms with Gasteiger partial charge in [-0.05, 0) is 19.3 Å². The summed E-state index contributed by atoms with van der Waals surface area (Å²) < 4.78 is 0. The molecule has 17 heavy (non-hydrogen) atoms. The molecule has 1 fully saturated rings. The molecule has 0 aromatic heterocycles. The predicted octanol–water partition coefficient (Wildman–Crippen LogP) is 2.52. The Kier molecular flexibility index (Phi) is 6.54. The van der Waals surface area contributed by atoms with Crippen LogP contribution in [0.3, 0.4) is 0 Å². The van der Waals surface area contributed by atoms with Crippen LogP contribution < -0.4 is 5.73 Å². The van der Waals surface area contributed by atoms with E-state index in [2.05, 4.69) is 24.8 Å². The summed E-state index contributed by atoms with van der Waals surface area (Å²) in [6, 6.07) is 3.21. The van der Waals surface area contributed by atoms with Crippen LogP contribution in [0.1, 0.15) is 52.4 Å². The molecule has 0 saturated carbocycles. The van der Waals surface area contributed by atoms with Gasteiger partial charge in [-0.3, -0.25) is 4.90 Å². The van der Waals surface area contributed by atoms with E-state index < -0.39 is 0 Å². The highest BCUT2D eigenvalue weighted by molar-refractivity contribution is 4.94. The van der Waals surface area contributed by atoms with Crippen LogP contribution >= 0.6 is 0 Å². The van der Waals surface area contributed by atoms with Crippen molar-refractivity contribution in [3.8, 4) is 6.07 Å². The number of rotatable bonds is 6. The van der Waals surface area contributed by atoms with Gasteiger partial charge in [-0.25, -0.2) is 0 Å². The maximum absolute atomic E-state index is 9.06. The van der Waals surface area contributed by atoms with E-state index >= 15 is 0 Å². The Morgan fingerprint density at radius 1 is 1.35 bits per heavy atom. The zero-order valence-corrected chi connectivity index (χ0v) is 11.4. The molecule has 1 aliphatic rings. The largest absolute Gasteiger partial charge is 0.326 e. The maximum Gasteiger partial charge on any atom is 0.0669 e. The topological polar surface area (TPSA) is 53.0 Å². The number of nitriles is 1. The second kappa shape index (κ2) is 7.68. The molecule has 0 spiro atoms. The summed E-state index contributed by atoms with van der Waals surface area (Å²) >= 11 is 0. The Balaban J connectivity index is 2.46. The summed E-state index contributed by atoms with van der Waals surface area (Å²) in [4.78, 5) is 2.46. The minimum Gasteiger partial charge on any atom is -0.326 e. The molecule has 3 nitrogen and oxygen atoms in total. The number of unbranched alkanes of at least 4 members (excludes halogenated alkanes) is 2. The molecule has 0 radical (unpaired) electrons. The molecule has 2 unspecified atom stereocenters. The maximum atomic E-state index is 9.06. The zero-order valence-electron chi connectivity index (χ0n) is 11.4. The first-order valence-electron chi connectivity index (χ1n) is 7.10. The van der Waals surface area contributed by atoms with E-state index in [4.69, 9.17) is 11.0 Å². The summed E-state index contributed by atoms with van der Waals surface area (Å²) in [6.45, 7) is 6.39. The van der Waals surface area contributed by atoms with Crippen LogP contribution in [0.4, 0.5) is 0 Å². The van der Waals surface area contributed by atoms with Gasteiger partial charge in [0.2, 0.25) is 0 Å². The number of piperidine rings is 1. The summed E-state index contributed by atoms with van der Waals surface area (Å²) in [5.74, 6) is 0.138.